The molecule has 116 valence electrons. The molecule has 5 nitrogen and oxygen atoms in total. The van der Waals surface area contributed by atoms with Gasteiger partial charge in [0.2, 0.25) is 0 Å². The van der Waals surface area contributed by atoms with Gasteiger partial charge in [0, 0.05) is 25.7 Å². The fourth-order valence-corrected chi connectivity index (χ4v) is 4.96. The van der Waals surface area contributed by atoms with Crippen molar-refractivity contribution in [1.82, 2.24) is 4.31 Å². The Morgan fingerprint density at radius 3 is 2.38 bits per heavy atom. The maximum Gasteiger partial charge on any atom is 0.304 e. The minimum absolute atomic E-state index is 0.0724. The van der Waals surface area contributed by atoms with E-state index in [1.807, 2.05) is 24.3 Å². The minimum Gasteiger partial charge on any atom is -0.324 e. The molecule has 0 saturated carbocycles. The van der Waals surface area contributed by atoms with Crippen LogP contribution in [0.25, 0.3) is 0 Å². The number of hydrogen-bond donors (Lipinski definition) is 1. The smallest absolute Gasteiger partial charge is 0.304 e. The van der Waals surface area contributed by atoms with Crippen molar-refractivity contribution in [2.75, 3.05) is 23.9 Å². The van der Waals surface area contributed by atoms with E-state index in [9.17, 15) is 8.42 Å². The standard InChI is InChI=1S/C15H23N3O2S/c16-14-9-12-18(15-8-4-3-7-13(14)15)21(19,20)17-10-5-1-2-6-11-17/h3-4,7-8,14H,1-2,5-6,9-12,16H2. The van der Waals surface area contributed by atoms with Gasteiger partial charge in [0.15, 0.2) is 0 Å². The molecule has 2 heterocycles. The summed E-state index contributed by atoms with van der Waals surface area (Å²) in [6.45, 7) is 1.73. The highest BCUT2D eigenvalue weighted by molar-refractivity contribution is 7.90. The SMILES string of the molecule is NC1CCN(S(=O)(=O)N2CCCCCC2)c2ccccc21. The molecule has 0 aromatic heterocycles. The molecule has 2 N–H and O–H groups in total. The van der Waals surface area contributed by atoms with E-state index in [-0.39, 0.29) is 6.04 Å². The lowest BCUT2D eigenvalue weighted by molar-refractivity contribution is 0.418. The summed E-state index contributed by atoms with van der Waals surface area (Å²) in [6, 6.07) is 7.52. The van der Waals surface area contributed by atoms with Crippen molar-refractivity contribution in [3.05, 3.63) is 29.8 Å². The first-order valence-corrected chi connectivity index (χ1v) is 9.13. The number of rotatable bonds is 2. The minimum atomic E-state index is -3.43. The number of fused-ring (bicyclic) bond motifs is 1. The molecule has 1 aromatic rings. The second-order valence-corrected chi connectivity index (χ2v) is 7.70. The zero-order valence-corrected chi connectivity index (χ0v) is 13.1. The monoisotopic (exact) mass is 309 g/mol. The van der Waals surface area contributed by atoms with E-state index in [2.05, 4.69) is 0 Å². The molecule has 2 aliphatic heterocycles. The summed E-state index contributed by atoms with van der Waals surface area (Å²) in [5.41, 5.74) is 7.80. The van der Waals surface area contributed by atoms with E-state index in [1.165, 1.54) is 0 Å². The molecule has 0 aliphatic carbocycles. The van der Waals surface area contributed by atoms with Gasteiger partial charge in [0.05, 0.1) is 5.69 Å². The molecule has 1 atom stereocenters. The molecule has 0 amide bonds. The van der Waals surface area contributed by atoms with E-state index in [4.69, 9.17) is 5.73 Å². The van der Waals surface area contributed by atoms with Gasteiger partial charge in [-0.1, -0.05) is 31.0 Å². The second kappa shape index (κ2) is 5.94. The molecule has 0 radical (unpaired) electrons. The van der Waals surface area contributed by atoms with Gasteiger partial charge in [-0.15, -0.1) is 0 Å². The molecule has 1 aromatic carbocycles. The molecule has 6 heteroatoms. The maximum absolute atomic E-state index is 13.0. The van der Waals surface area contributed by atoms with Crippen LogP contribution in [0.15, 0.2) is 24.3 Å². The first kappa shape index (κ1) is 14.8. The Hall–Kier alpha value is -1.11. The Bertz CT molecular complexity index is 595. The van der Waals surface area contributed by atoms with Crippen molar-refractivity contribution in [2.45, 2.75) is 38.1 Å². The summed E-state index contributed by atoms with van der Waals surface area (Å²) in [4.78, 5) is 0. The van der Waals surface area contributed by atoms with Crippen molar-refractivity contribution >= 4 is 15.9 Å². The Kier molecular flexibility index (Phi) is 4.19. The Balaban J connectivity index is 1.94. The summed E-state index contributed by atoms with van der Waals surface area (Å²) in [5, 5.41) is 0. The molecule has 3 rings (SSSR count). The van der Waals surface area contributed by atoms with Crippen molar-refractivity contribution in [1.29, 1.82) is 0 Å². The Morgan fingerprint density at radius 1 is 1.00 bits per heavy atom. The van der Waals surface area contributed by atoms with E-state index in [1.54, 1.807) is 8.61 Å². The molecule has 0 spiro atoms. The molecule has 1 unspecified atom stereocenters. The molecule has 1 saturated heterocycles. The van der Waals surface area contributed by atoms with Crippen LogP contribution >= 0.6 is 0 Å². The van der Waals surface area contributed by atoms with Crippen LogP contribution in [0.1, 0.15) is 43.7 Å². The quantitative estimate of drug-likeness (QED) is 0.909. The van der Waals surface area contributed by atoms with Crippen molar-refractivity contribution in [3.8, 4) is 0 Å². The zero-order valence-electron chi connectivity index (χ0n) is 12.2. The molecule has 21 heavy (non-hydrogen) atoms. The van der Waals surface area contributed by atoms with Crippen LogP contribution in [0, 0.1) is 0 Å². The number of hydrogen-bond acceptors (Lipinski definition) is 3. The van der Waals surface area contributed by atoms with Crippen LogP contribution in [0.5, 0.6) is 0 Å². The summed E-state index contributed by atoms with van der Waals surface area (Å²) in [6.07, 6.45) is 4.81. The predicted molar refractivity (Wildman–Crippen MR) is 84.3 cm³/mol. The lowest BCUT2D eigenvalue weighted by Crippen LogP contribution is -2.47. The van der Waals surface area contributed by atoms with E-state index in [0.29, 0.717) is 26.1 Å². The second-order valence-electron chi connectivity index (χ2n) is 5.85. The lowest BCUT2D eigenvalue weighted by Gasteiger charge is -2.36. The van der Waals surface area contributed by atoms with E-state index >= 15 is 0 Å². The van der Waals surface area contributed by atoms with E-state index in [0.717, 1.165) is 36.9 Å². The van der Waals surface area contributed by atoms with Crippen molar-refractivity contribution in [3.63, 3.8) is 0 Å². The van der Waals surface area contributed by atoms with Crippen molar-refractivity contribution < 1.29 is 8.42 Å². The van der Waals surface area contributed by atoms with Gasteiger partial charge in [-0.05, 0) is 30.9 Å². The average Bonchev–Trinajstić information content (AvgIpc) is 2.77. The summed E-state index contributed by atoms with van der Waals surface area (Å²) in [7, 11) is -3.43. The van der Waals surface area contributed by atoms with E-state index < -0.39 is 10.2 Å². The summed E-state index contributed by atoms with van der Waals surface area (Å²) in [5.74, 6) is 0. The third kappa shape index (κ3) is 2.80. The normalized spacial score (nSPS) is 24.4. The van der Waals surface area contributed by atoms with Crippen molar-refractivity contribution in [2.24, 2.45) is 5.73 Å². The summed E-state index contributed by atoms with van der Waals surface area (Å²) >= 11 is 0. The first-order chi connectivity index (χ1) is 10.1. The number of anilines is 1. The third-order valence-corrected chi connectivity index (χ3v) is 6.37. The number of nitrogens with two attached hydrogens (primary N) is 1. The summed E-state index contributed by atoms with van der Waals surface area (Å²) < 4.78 is 29.1. The van der Waals surface area contributed by atoms with Crippen LogP contribution in [-0.4, -0.2) is 32.4 Å². The average molecular weight is 309 g/mol. The number of para-hydroxylation sites is 1. The first-order valence-electron chi connectivity index (χ1n) is 7.73. The topological polar surface area (TPSA) is 66.6 Å². The number of nitrogens with zero attached hydrogens (tertiary/aromatic N) is 2. The van der Waals surface area contributed by atoms with Crippen LogP contribution in [0.3, 0.4) is 0 Å². The Morgan fingerprint density at radius 2 is 1.67 bits per heavy atom. The Labute approximate surface area is 126 Å². The van der Waals surface area contributed by atoms with Gasteiger partial charge < -0.3 is 5.73 Å². The lowest BCUT2D eigenvalue weighted by atomic mass is 9.99. The number of benzene rings is 1. The third-order valence-electron chi connectivity index (χ3n) is 4.42. The highest BCUT2D eigenvalue weighted by atomic mass is 32.2. The highest BCUT2D eigenvalue weighted by Gasteiger charge is 2.34. The van der Waals surface area contributed by atoms with Crippen LogP contribution < -0.4 is 10.0 Å². The van der Waals surface area contributed by atoms with Gasteiger partial charge >= 0.3 is 10.2 Å². The fourth-order valence-electron chi connectivity index (χ4n) is 3.21. The fraction of sp³-hybridized carbons (Fsp3) is 0.600. The molecule has 2 aliphatic rings. The van der Waals surface area contributed by atoms with Crippen LogP contribution in [0.2, 0.25) is 0 Å². The maximum atomic E-state index is 13.0. The van der Waals surface area contributed by atoms with Crippen LogP contribution in [0.4, 0.5) is 5.69 Å². The zero-order chi connectivity index (χ0) is 14.9. The van der Waals surface area contributed by atoms with Gasteiger partial charge in [0.25, 0.3) is 0 Å². The highest BCUT2D eigenvalue weighted by Crippen LogP contribution is 2.35. The van der Waals surface area contributed by atoms with Gasteiger partial charge in [-0.2, -0.15) is 12.7 Å². The molecule has 1 fully saturated rings. The molecular formula is C15H23N3O2S. The molecular weight excluding hydrogens is 286 g/mol. The van der Waals surface area contributed by atoms with Gasteiger partial charge in [0.1, 0.15) is 0 Å². The van der Waals surface area contributed by atoms with Gasteiger partial charge in [-0.3, -0.25) is 4.31 Å². The van der Waals surface area contributed by atoms with Gasteiger partial charge in [-0.25, -0.2) is 0 Å². The van der Waals surface area contributed by atoms with Crippen LogP contribution in [-0.2, 0) is 10.2 Å². The predicted octanol–water partition coefficient (Wildman–Crippen LogP) is 2.02. The molecule has 0 bridgehead atoms. The largest absolute Gasteiger partial charge is 0.324 e.